The van der Waals surface area contributed by atoms with E-state index < -0.39 is 27.5 Å². The topological polar surface area (TPSA) is 127 Å². The Balaban J connectivity index is 1.85. The average Bonchev–Trinajstić information content (AvgIpc) is 3.15. The fraction of sp³-hybridized carbons (Fsp3) is 0.600. The fourth-order valence-electron chi connectivity index (χ4n) is 6.58. The molecule has 0 aliphatic carbocycles. The van der Waals surface area contributed by atoms with Crippen LogP contribution in [0.15, 0.2) is 60.7 Å². The first kappa shape index (κ1) is 43.5. The van der Waals surface area contributed by atoms with E-state index in [-0.39, 0.29) is 58.2 Å². The summed E-state index contributed by atoms with van der Waals surface area (Å²) < 4.78 is 27.0. The molecule has 1 fully saturated rings. The summed E-state index contributed by atoms with van der Waals surface area (Å²) >= 11 is 7.09. The third-order valence-corrected chi connectivity index (χ3v) is 11.1. The molecule has 0 saturated carbocycles. The average molecular weight is 759 g/mol. The van der Waals surface area contributed by atoms with Gasteiger partial charge in [-0.25, -0.2) is 0 Å². The van der Waals surface area contributed by atoms with E-state index in [1.54, 1.807) is 14.0 Å². The van der Waals surface area contributed by atoms with Gasteiger partial charge in [-0.05, 0) is 82.1 Å². The van der Waals surface area contributed by atoms with Crippen LogP contribution in [0.25, 0.3) is 0 Å². The van der Waals surface area contributed by atoms with E-state index in [9.17, 15) is 14.4 Å². The zero-order valence-electron chi connectivity index (χ0n) is 31.4. The second kappa shape index (κ2) is 22.4. The largest absolute Gasteiger partial charge is 0.464 e. The number of piperidine rings is 1. The van der Waals surface area contributed by atoms with Crippen molar-refractivity contribution in [2.45, 2.75) is 77.1 Å². The SMILES string of the molecule is COCCOCCOC(=O)CCC(C)(CN)CC(C)(CC(C)(SC(=S)c1ccccc1)C(=O)OCc1ccccc1)C(=O)OCCN1CCCCC1. The van der Waals surface area contributed by atoms with Crippen molar-refractivity contribution in [3.63, 3.8) is 0 Å². The molecular weight excluding hydrogens is 701 g/mol. The molecule has 2 aromatic rings. The summed E-state index contributed by atoms with van der Waals surface area (Å²) in [6.45, 7) is 9.95. The van der Waals surface area contributed by atoms with Crippen LogP contribution in [0.3, 0.4) is 0 Å². The molecule has 2 N–H and O–H groups in total. The van der Waals surface area contributed by atoms with Crippen LogP contribution >= 0.6 is 24.0 Å². The van der Waals surface area contributed by atoms with Crippen LogP contribution in [0, 0.1) is 10.8 Å². The van der Waals surface area contributed by atoms with Gasteiger partial charge >= 0.3 is 17.9 Å². The van der Waals surface area contributed by atoms with Gasteiger partial charge in [-0.3, -0.25) is 19.3 Å². The first-order chi connectivity index (χ1) is 24.9. The van der Waals surface area contributed by atoms with E-state index >= 15 is 0 Å². The van der Waals surface area contributed by atoms with Gasteiger partial charge in [0.2, 0.25) is 0 Å². The number of hydrogen-bond acceptors (Lipinski definition) is 12. The van der Waals surface area contributed by atoms with Gasteiger partial charge in [-0.2, -0.15) is 0 Å². The lowest BCUT2D eigenvalue weighted by Crippen LogP contribution is -2.47. The molecule has 1 aliphatic heterocycles. The van der Waals surface area contributed by atoms with Gasteiger partial charge in [-0.15, -0.1) is 0 Å². The quantitative estimate of drug-likeness (QED) is 0.0586. The third kappa shape index (κ3) is 14.9. The van der Waals surface area contributed by atoms with Crippen molar-refractivity contribution in [2.24, 2.45) is 16.6 Å². The number of thiocarbonyl (C=S) groups is 1. The van der Waals surface area contributed by atoms with E-state index in [0.717, 1.165) is 37.1 Å². The number of nitrogens with two attached hydrogens (primary N) is 1. The predicted octanol–water partition coefficient (Wildman–Crippen LogP) is 6.36. The molecule has 0 radical (unpaired) electrons. The van der Waals surface area contributed by atoms with Gasteiger partial charge in [0, 0.05) is 20.1 Å². The standard InChI is InChI=1S/C40H58N2O8S2/c1-38(31-41,19-18-34(43)48-27-26-47-25-24-46-4)29-39(2,36(44)49-23-22-42-20-12-7-13-21-42)30-40(3,52-35(51)33-16-10-6-11-17-33)37(45)50-28-32-14-8-5-9-15-32/h5-6,8-11,14-17H,7,12-13,18-31,41H2,1-4H3. The van der Waals surface area contributed by atoms with Crippen LogP contribution in [0.1, 0.15) is 76.8 Å². The number of benzene rings is 2. The van der Waals surface area contributed by atoms with Crippen LogP contribution in [0.5, 0.6) is 0 Å². The number of rotatable bonds is 23. The maximum absolute atomic E-state index is 14.3. The lowest BCUT2D eigenvalue weighted by atomic mass is 9.67. The monoisotopic (exact) mass is 758 g/mol. The molecule has 0 aromatic heterocycles. The highest BCUT2D eigenvalue weighted by molar-refractivity contribution is 8.25. The zero-order valence-corrected chi connectivity index (χ0v) is 33.0. The van der Waals surface area contributed by atoms with E-state index in [1.165, 1.54) is 18.2 Å². The lowest BCUT2D eigenvalue weighted by Gasteiger charge is -2.41. The van der Waals surface area contributed by atoms with Crippen molar-refractivity contribution in [1.82, 2.24) is 4.90 Å². The molecule has 1 saturated heterocycles. The molecule has 1 heterocycles. The molecule has 10 nitrogen and oxygen atoms in total. The smallest absolute Gasteiger partial charge is 0.322 e. The molecule has 288 valence electrons. The van der Waals surface area contributed by atoms with Crippen molar-refractivity contribution in [3.8, 4) is 0 Å². The summed E-state index contributed by atoms with van der Waals surface area (Å²) in [6.07, 6.45) is 4.27. The number of hydrogen-bond donors (Lipinski definition) is 1. The summed E-state index contributed by atoms with van der Waals surface area (Å²) in [7, 11) is 1.59. The summed E-state index contributed by atoms with van der Waals surface area (Å²) in [6, 6.07) is 18.9. The van der Waals surface area contributed by atoms with E-state index in [4.69, 9.17) is 41.6 Å². The lowest BCUT2D eigenvalue weighted by molar-refractivity contribution is -0.160. The van der Waals surface area contributed by atoms with Gasteiger partial charge in [0.05, 0.1) is 29.4 Å². The van der Waals surface area contributed by atoms with Crippen LogP contribution in [-0.2, 0) is 44.7 Å². The number of carbonyl (C=O) groups excluding carboxylic acids is 3. The minimum absolute atomic E-state index is 0.0622. The number of methoxy groups -OCH3 is 1. The molecule has 3 rings (SSSR count). The van der Waals surface area contributed by atoms with Crippen LogP contribution < -0.4 is 5.73 Å². The Bertz CT molecular complexity index is 1390. The maximum Gasteiger partial charge on any atom is 0.322 e. The Morgan fingerprint density at radius 1 is 0.808 bits per heavy atom. The number of thioether (sulfide) groups is 1. The molecule has 0 amide bonds. The van der Waals surface area contributed by atoms with Crippen LogP contribution in [-0.4, -0.2) is 98.1 Å². The minimum Gasteiger partial charge on any atom is -0.464 e. The first-order valence-corrected chi connectivity index (χ1v) is 19.5. The number of carbonyl (C=O) groups is 3. The second-order valence-electron chi connectivity index (χ2n) is 14.3. The molecule has 3 atom stereocenters. The van der Waals surface area contributed by atoms with E-state index in [2.05, 4.69) is 4.90 Å². The molecule has 0 spiro atoms. The summed E-state index contributed by atoms with van der Waals surface area (Å²) in [5.41, 5.74) is 6.17. The Morgan fingerprint density at radius 2 is 1.46 bits per heavy atom. The van der Waals surface area contributed by atoms with Crippen molar-refractivity contribution in [3.05, 3.63) is 71.8 Å². The van der Waals surface area contributed by atoms with E-state index in [1.807, 2.05) is 74.5 Å². The fourth-order valence-corrected chi connectivity index (χ4v) is 8.46. The molecule has 0 bridgehead atoms. The highest BCUT2D eigenvalue weighted by atomic mass is 32.2. The molecule has 2 aromatic carbocycles. The highest BCUT2D eigenvalue weighted by Gasteiger charge is 2.50. The number of nitrogens with zero attached hydrogens (tertiary/aromatic N) is 1. The first-order valence-electron chi connectivity index (χ1n) is 18.2. The van der Waals surface area contributed by atoms with Gasteiger partial charge in [-0.1, -0.05) is 98.0 Å². The Labute approximate surface area is 319 Å². The molecule has 12 heteroatoms. The third-order valence-electron chi connectivity index (χ3n) is 9.45. The maximum atomic E-state index is 14.3. The summed E-state index contributed by atoms with van der Waals surface area (Å²) in [4.78, 5) is 43.6. The minimum atomic E-state index is -1.28. The Hall–Kier alpha value is -2.87. The van der Waals surface area contributed by atoms with Crippen molar-refractivity contribution >= 4 is 46.1 Å². The number of likely N-dealkylation sites (tertiary alicyclic amines) is 1. The normalized spacial score (nSPS) is 16.9. The van der Waals surface area contributed by atoms with E-state index in [0.29, 0.717) is 30.4 Å². The van der Waals surface area contributed by atoms with Gasteiger partial charge in [0.25, 0.3) is 0 Å². The zero-order chi connectivity index (χ0) is 37.9. The molecular formula is C40H58N2O8S2. The van der Waals surface area contributed by atoms with Crippen molar-refractivity contribution in [2.75, 3.05) is 66.3 Å². The Morgan fingerprint density at radius 3 is 2.12 bits per heavy atom. The molecule has 3 unspecified atom stereocenters. The summed E-state index contributed by atoms with van der Waals surface area (Å²) in [5, 5.41) is 0. The molecule has 52 heavy (non-hydrogen) atoms. The van der Waals surface area contributed by atoms with Crippen molar-refractivity contribution < 1.29 is 38.1 Å². The second-order valence-corrected chi connectivity index (χ2v) is 16.5. The van der Waals surface area contributed by atoms with Gasteiger partial charge in [0.15, 0.2) is 0 Å². The van der Waals surface area contributed by atoms with Crippen LogP contribution in [0.2, 0.25) is 0 Å². The number of esters is 3. The van der Waals surface area contributed by atoms with Gasteiger partial charge < -0.3 is 29.4 Å². The van der Waals surface area contributed by atoms with Crippen molar-refractivity contribution in [1.29, 1.82) is 0 Å². The Kier molecular flexibility index (Phi) is 18.7. The summed E-state index contributed by atoms with van der Waals surface area (Å²) in [5.74, 6) is -1.29. The predicted molar refractivity (Wildman–Crippen MR) is 209 cm³/mol. The van der Waals surface area contributed by atoms with Gasteiger partial charge in [0.1, 0.15) is 24.6 Å². The highest BCUT2D eigenvalue weighted by Crippen LogP contribution is 2.47. The molecule has 1 aliphatic rings. The van der Waals surface area contributed by atoms with Crippen LogP contribution in [0.4, 0.5) is 0 Å². The number of ether oxygens (including phenoxy) is 5.